The van der Waals surface area contributed by atoms with Crippen molar-refractivity contribution in [2.45, 2.75) is 13.3 Å². The van der Waals surface area contributed by atoms with Crippen molar-refractivity contribution in [3.05, 3.63) is 53.9 Å². The first-order valence-corrected chi connectivity index (χ1v) is 8.56. The number of benzene rings is 1. The highest BCUT2D eigenvalue weighted by atomic mass is 16.3. The molecule has 0 fully saturated rings. The molecule has 3 heterocycles. The minimum Gasteiger partial charge on any atom is -0.508 e. The fraction of sp³-hybridized carbons (Fsp3) is 0.200. The van der Waals surface area contributed by atoms with Crippen molar-refractivity contribution in [1.82, 2.24) is 14.9 Å². The third kappa shape index (κ3) is 3.13. The number of aromatic amines is 1. The molecule has 1 aliphatic rings. The van der Waals surface area contributed by atoms with Gasteiger partial charge < -0.3 is 20.3 Å². The molecule has 1 aromatic carbocycles. The Balaban J connectivity index is 1.68. The normalized spacial score (nSPS) is 14.3. The first kappa shape index (κ1) is 16.2. The number of fused-ring (bicyclic) bond motifs is 1. The largest absolute Gasteiger partial charge is 0.508 e. The highest BCUT2D eigenvalue weighted by Gasteiger charge is 2.15. The minimum absolute atomic E-state index is 0.236. The molecule has 0 spiro atoms. The van der Waals surface area contributed by atoms with Gasteiger partial charge in [-0.2, -0.15) is 0 Å². The summed E-state index contributed by atoms with van der Waals surface area (Å²) in [6, 6.07) is 9.41. The van der Waals surface area contributed by atoms with Gasteiger partial charge in [0.1, 0.15) is 11.4 Å². The fourth-order valence-electron chi connectivity index (χ4n) is 3.32. The zero-order valence-electron chi connectivity index (χ0n) is 14.5. The first-order chi connectivity index (χ1) is 12.6. The summed E-state index contributed by atoms with van der Waals surface area (Å²) in [7, 11) is 0. The van der Waals surface area contributed by atoms with E-state index in [4.69, 9.17) is 0 Å². The molecule has 0 atom stereocenters. The number of nitrogens with one attached hydrogen (secondary N) is 2. The molecule has 132 valence electrons. The van der Waals surface area contributed by atoms with Gasteiger partial charge in [-0.05, 0) is 48.7 Å². The first-order valence-electron chi connectivity index (χ1n) is 8.56. The molecule has 1 amide bonds. The standard InChI is InChI=1S/C20H20N4O2/c1-13-8-15(10-16(26)9-13)22-18-2-5-21-20-17(18)11-19(23-20)14-3-6-24(12-25)7-4-14/h2-3,5,8-12,26H,4,6-7H2,1H3,(H2,21,22,23). The van der Waals surface area contributed by atoms with E-state index in [1.165, 1.54) is 5.57 Å². The number of aryl methyl sites for hydroxylation is 1. The number of phenols is 1. The number of rotatable bonds is 4. The molecule has 0 unspecified atom stereocenters. The number of amides is 1. The number of phenolic OH excluding ortho intramolecular Hbond substituents is 1. The lowest BCUT2D eigenvalue weighted by Gasteiger charge is -2.21. The van der Waals surface area contributed by atoms with E-state index in [0.717, 1.165) is 53.0 Å². The van der Waals surface area contributed by atoms with Gasteiger partial charge in [-0.25, -0.2) is 4.98 Å². The summed E-state index contributed by atoms with van der Waals surface area (Å²) < 4.78 is 0. The Morgan fingerprint density at radius 1 is 1.31 bits per heavy atom. The molecular weight excluding hydrogens is 328 g/mol. The third-order valence-corrected chi connectivity index (χ3v) is 4.61. The average Bonchev–Trinajstić information content (AvgIpc) is 3.06. The minimum atomic E-state index is 0.236. The predicted octanol–water partition coefficient (Wildman–Crippen LogP) is 3.57. The van der Waals surface area contributed by atoms with Crippen molar-refractivity contribution < 1.29 is 9.90 Å². The number of carbonyl (C=O) groups excluding carboxylic acids is 1. The van der Waals surface area contributed by atoms with E-state index < -0.39 is 0 Å². The van der Waals surface area contributed by atoms with Gasteiger partial charge in [0.15, 0.2) is 0 Å². The van der Waals surface area contributed by atoms with Crippen LogP contribution in [0.1, 0.15) is 17.7 Å². The van der Waals surface area contributed by atoms with Gasteiger partial charge in [0, 0.05) is 42.1 Å². The van der Waals surface area contributed by atoms with Gasteiger partial charge in [0.25, 0.3) is 0 Å². The van der Waals surface area contributed by atoms with Crippen LogP contribution in [-0.4, -0.2) is 39.5 Å². The number of pyridine rings is 1. The zero-order chi connectivity index (χ0) is 18.1. The van der Waals surface area contributed by atoms with Crippen LogP contribution < -0.4 is 5.32 Å². The van der Waals surface area contributed by atoms with Crippen LogP contribution >= 0.6 is 0 Å². The molecule has 1 aliphatic heterocycles. The number of nitrogens with zero attached hydrogens (tertiary/aromatic N) is 2. The molecule has 2 aromatic heterocycles. The number of anilines is 2. The highest BCUT2D eigenvalue weighted by molar-refractivity contribution is 5.94. The molecule has 0 aliphatic carbocycles. The Morgan fingerprint density at radius 3 is 2.92 bits per heavy atom. The number of aromatic nitrogens is 2. The van der Waals surface area contributed by atoms with Crippen LogP contribution in [0.25, 0.3) is 16.6 Å². The summed E-state index contributed by atoms with van der Waals surface area (Å²) >= 11 is 0. The van der Waals surface area contributed by atoms with Crippen molar-refractivity contribution >= 4 is 34.4 Å². The second-order valence-corrected chi connectivity index (χ2v) is 6.57. The summed E-state index contributed by atoms with van der Waals surface area (Å²) in [4.78, 5) is 20.4. The lowest BCUT2D eigenvalue weighted by Crippen LogP contribution is -2.26. The predicted molar refractivity (Wildman–Crippen MR) is 102 cm³/mol. The second-order valence-electron chi connectivity index (χ2n) is 6.57. The molecule has 3 aromatic rings. The molecule has 6 nitrogen and oxygen atoms in total. The molecule has 4 rings (SSSR count). The molecule has 3 N–H and O–H groups in total. The van der Waals surface area contributed by atoms with E-state index in [2.05, 4.69) is 27.4 Å². The van der Waals surface area contributed by atoms with E-state index in [-0.39, 0.29) is 5.75 Å². The van der Waals surface area contributed by atoms with E-state index >= 15 is 0 Å². The van der Waals surface area contributed by atoms with Gasteiger partial charge in [0.2, 0.25) is 6.41 Å². The molecule has 0 radical (unpaired) electrons. The zero-order valence-corrected chi connectivity index (χ0v) is 14.5. The van der Waals surface area contributed by atoms with Crippen molar-refractivity contribution in [2.24, 2.45) is 0 Å². The Morgan fingerprint density at radius 2 is 2.19 bits per heavy atom. The van der Waals surface area contributed by atoms with Crippen LogP contribution in [0.2, 0.25) is 0 Å². The molecular formula is C20H20N4O2. The number of carbonyl (C=O) groups is 1. The molecule has 6 heteroatoms. The van der Waals surface area contributed by atoms with Crippen molar-refractivity contribution in [2.75, 3.05) is 18.4 Å². The van der Waals surface area contributed by atoms with E-state index in [9.17, 15) is 9.90 Å². The van der Waals surface area contributed by atoms with Crippen molar-refractivity contribution in [3.63, 3.8) is 0 Å². The molecule has 0 saturated heterocycles. The van der Waals surface area contributed by atoms with E-state index in [1.807, 2.05) is 19.1 Å². The van der Waals surface area contributed by atoms with Crippen LogP contribution in [0.4, 0.5) is 11.4 Å². The van der Waals surface area contributed by atoms with Crippen molar-refractivity contribution in [1.29, 1.82) is 0 Å². The van der Waals surface area contributed by atoms with Gasteiger partial charge >= 0.3 is 0 Å². The number of H-pyrrole nitrogens is 1. The summed E-state index contributed by atoms with van der Waals surface area (Å²) in [5.74, 6) is 0.236. The van der Waals surface area contributed by atoms with E-state index in [1.54, 1.807) is 23.2 Å². The van der Waals surface area contributed by atoms with Crippen molar-refractivity contribution in [3.8, 4) is 5.75 Å². The quantitative estimate of drug-likeness (QED) is 0.630. The summed E-state index contributed by atoms with van der Waals surface area (Å²) in [6.07, 6.45) is 5.54. The number of hydrogen-bond acceptors (Lipinski definition) is 4. The van der Waals surface area contributed by atoms with Gasteiger partial charge in [-0.15, -0.1) is 0 Å². The smallest absolute Gasteiger partial charge is 0.209 e. The maximum absolute atomic E-state index is 10.9. The average molecular weight is 348 g/mol. The monoisotopic (exact) mass is 348 g/mol. The fourth-order valence-corrected chi connectivity index (χ4v) is 3.32. The Labute approximate surface area is 151 Å². The molecule has 26 heavy (non-hydrogen) atoms. The topological polar surface area (TPSA) is 81.2 Å². The maximum atomic E-state index is 10.9. The third-order valence-electron chi connectivity index (χ3n) is 4.61. The SMILES string of the molecule is Cc1cc(O)cc(Nc2ccnc3[nH]c(C4=CCN(C=O)CC4)cc23)c1. The highest BCUT2D eigenvalue weighted by Crippen LogP contribution is 2.31. The maximum Gasteiger partial charge on any atom is 0.209 e. The van der Waals surface area contributed by atoms with E-state index in [0.29, 0.717) is 6.54 Å². The number of aromatic hydroxyl groups is 1. The lowest BCUT2D eigenvalue weighted by molar-refractivity contribution is -0.117. The summed E-state index contributed by atoms with van der Waals surface area (Å²) in [6.45, 7) is 3.31. The van der Waals surface area contributed by atoms with Gasteiger partial charge in [-0.3, -0.25) is 4.79 Å². The summed E-state index contributed by atoms with van der Waals surface area (Å²) in [5, 5.41) is 14.2. The van der Waals surface area contributed by atoms with Crippen LogP contribution in [-0.2, 0) is 4.79 Å². The molecule has 0 bridgehead atoms. The Kier molecular flexibility index (Phi) is 4.08. The van der Waals surface area contributed by atoms with Crippen LogP contribution in [0.15, 0.2) is 42.6 Å². The lowest BCUT2D eigenvalue weighted by atomic mass is 10.1. The number of hydrogen-bond donors (Lipinski definition) is 3. The Bertz CT molecular complexity index is 986. The Hall–Kier alpha value is -3.28. The second kappa shape index (κ2) is 6.55. The van der Waals surface area contributed by atoms with Crippen LogP contribution in [0.3, 0.4) is 0 Å². The van der Waals surface area contributed by atoms with Crippen LogP contribution in [0, 0.1) is 6.92 Å². The van der Waals surface area contributed by atoms with Crippen LogP contribution in [0.5, 0.6) is 5.75 Å². The molecule has 0 saturated carbocycles. The summed E-state index contributed by atoms with van der Waals surface area (Å²) in [5.41, 5.74) is 5.77. The van der Waals surface area contributed by atoms with Gasteiger partial charge in [0.05, 0.1) is 5.69 Å². The van der Waals surface area contributed by atoms with Gasteiger partial charge in [-0.1, -0.05) is 6.08 Å².